The fourth-order valence-corrected chi connectivity index (χ4v) is 4.68. The summed E-state index contributed by atoms with van der Waals surface area (Å²) in [5, 5.41) is 0.993. The third-order valence-corrected chi connectivity index (χ3v) is 8.43. The number of ether oxygens (including phenoxy) is 2. The Morgan fingerprint density at radius 2 is 1.72 bits per heavy atom. The Hall–Kier alpha value is -1.46. The molecule has 2 aromatic heterocycles. The molecular weight excluding hydrogens is 423 g/mol. The van der Waals surface area contributed by atoms with Crippen LogP contribution >= 0.6 is 0 Å². The van der Waals surface area contributed by atoms with Crippen molar-refractivity contribution in [2.45, 2.75) is 71.3 Å². The highest BCUT2D eigenvalue weighted by Gasteiger charge is 2.53. The summed E-state index contributed by atoms with van der Waals surface area (Å²) in [7, 11) is -1.66. The summed E-state index contributed by atoms with van der Waals surface area (Å²) in [4.78, 5) is 11.5. The molecule has 4 rings (SSSR count). The Kier molecular flexibility index (Phi) is 6.45. The zero-order chi connectivity index (χ0) is 23.1. The van der Waals surface area contributed by atoms with Crippen LogP contribution in [0.3, 0.4) is 0 Å². The molecule has 0 aliphatic carbocycles. The molecule has 2 aromatic rings. The average molecular weight is 460 g/mol. The van der Waals surface area contributed by atoms with E-state index in [9.17, 15) is 0 Å². The van der Waals surface area contributed by atoms with Crippen molar-refractivity contribution in [1.82, 2.24) is 14.5 Å². The van der Waals surface area contributed by atoms with Gasteiger partial charge in [-0.15, -0.1) is 0 Å². The highest BCUT2D eigenvalue weighted by atomic mass is 28.3. The Labute approximate surface area is 192 Å². The van der Waals surface area contributed by atoms with E-state index in [4.69, 9.17) is 18.8 Å². The lowest BCUT2D eigenvalue weighted by molar-refractivity contribution is 0.00578. The van der Waals surface area contributed by atoms with Gasteiger partial charge in [-0.2, -0.15) is 0 Å². The first kappa shape index (κ1) is 23.7. The minimum Gasteiger partial charge on any atom is -0.398 e. The lowest BCUT2D eigenvalue weighted by Gasteiger charge is -2.32. The van der Waals surface area contributed by atoms with Crippen molar-refractivity contribution >= 4 is 37.6 Å². The molecule has 8 nitrogen and oxygen atoms in total. The first-order chi connectivity index (χ1) is 15.0. The zero-order valence-corrected chi connectivity index (χ0v) is 21.6. The first-order valence-corrected chi connectivity index (χ1v) is 15.3. The predicted octanol–water partition coefficient (Wildman–Crippen LogP) is 2.88. The molecule has 0 unspecified atom stereocenters. The van der Waals surface area contributed by atoms with Crippen molar-refractivity contribution in [3.05, 3.63) is 12.4 Å². The highest BCUT2D eigenvalue weighted by Crippen LogP contribution is 2.37. The van der Waals surface area contributed by atoms with Gasteiger partial charge in [0.05, 0.1) is 35.4 Å². The number of aromatic nitrogens is 3. The number of fused-ring (bicyclic) bond motifs is 1. The number of nitrogens with zero attached hydrogens (tertiary/aromatic N) is 4. The van der Waals surface area contributed by atoms with Crippen LogP contribution in [-0.4, -0.2) is 73.8 Å². The third-order valence-electron chi connectivity index (χ3n) is 6.72. The van der Waals surface area contributed by atoms with Crippen LogP contribution < -0.4 is 10.5 Å². The van der Waals surface area contributed by atoms with Gasteiger partial charge in [-0.05, 0) is 39.8 Å². The summed E-state index contributed by atoms with van der Waals surface area (Å²) >= 11 is 0. The second-order valence-electron chi connectivity index (χ2n) is 11.0. The molecule has 176 valence electrons. The normalized spacial score (nSPS) is 21.0. The second-order valence-corrected chi connectivity index (χ2v) is 16.6. The zero-order valence-electron chi connectivity index (χ0n) is 20.6. The Bertz CT molecular complexity index is 937. The van der Waals surface area contributed by atoms with E-state index in [1.165, 1.54) is 0 Å². The van der Waals surface area contributed by atoms with Crippen molar-refractivity contribution in [3.63, 3.8) is 0 Å². The van der Waals surface area contributed by atoms with Crippen LogP contribution in [0.25, 0.3) is 11.0 Å². The van der Waals surface area contributed by atoms with Gasteiger partial charge >= 0.3 is 7.12 Å². The fourth-order valence-electron chi connectivity index (χ4n) is 3.93. The van der Waals surface area contributed by atoms with Crippen LogP contribution in [0.5, 0.6) is 0 Å². The number of morpholine rings is 1. The second kappa shape index (κ2) is 8.72. The topological polar surface area (TPSA) is 70.9 Å². The number of hydrogen-bond acceptors (Lipinski definition) is 7. The smallest absolute Gasteiger partial charge is 0.398 e. The lowest BCUT2D eigenvalue weighted by Crippen LogP contribution is -2.41. The Morgan fingerprint density at radius 3 is 2.34 bits per heavy atom. The SMILES string of the molecule is CC1(C)OB(c2cc3c(N4CCOCC4)ncnc3n2COCC[Si](C)(C)C)OC1(C)C. The van der Waals surface area contributed by atoms with Crippen molar-refractivity contribution in [3.8, 4) is 0 Å². The number of hydrogen-bond donors (Lipinski definition) is 0. The van der Waals surface area contributed by atoms with Gasteiger partial charge in [0.25, 0.3) is 0 Å². The van der Waals surface area contributed by atoms with Crippen molar-refractivity contribution < 1.29 is 18.8 Å². The van der Waals surface area contributed by atoms with Gasteiger partial charge < -0.3 is 28.2 Å². The molecule has 2 aliphatic rings. The summed E-state index contributed by atoms with van der Waals surface area (Å²) in [5.41, 5.74) is 0.924. The molecule has 0 radical (unpaired) electrons. The summed E-state index contributed by atoms with van der Waals surface area (Å²) < 4.78 is 26.6. The van der Waals surface area contributed by atoms with Crippen LogP contribution in [0.1, 0.15) is 27.7 Å². The average Bonchev–Trinajstić information content (AvgIpc) is 3.18. The monoisotopic (exact) mass is 460 g/mol. The summed E-state index contributed by atoms with van der Waals surface area (Å²) in [6.07, 6.45) is 1.64. The van der Waals surface area contributed by atoms with Crippen LogP contribution in [-0.2, 0) is 25.5 Å². The van der Waals surface area contributed by atoms with Gasteiger partial charge in [0.15, 0.2) is 0 Å². The Morgan fingerprint density at radius 1 is 1.06 bits per heavy atom. The van der Waals surface area contributed by atoms with Crippen molar-refractivity contribution in [2.24, 2.45) is 0 Å². The summed E-state index contributed by atoms with van der Waals surface area (Å²) in [5.74, 6) is 0.928. The maximum absolute atomic E-state index is 6.39. The van der Waals surface area contributed by atoms with Crippen LogP contribution in [0.15, 0.2) is 12.4 Å². The summed E-state index contributed by atoms with van der Waals surface area (Å²) in [6, 6.07) is 3.23. The minimum atomic E-state index is -1.17. The van der Waals surface area contributed by atoms with Gasteiger partial charge in [0, 0.05) is 27.8 Å². The predicted molar refractivity (Wildman–Crippen MR) is 130 cm³/mol. The van der Waals surface area contributed by atoms with Crippen LogP contribution in [0, 0.1) is 0 Å². The van der Waals surface area contributed by atoms with E-state index in [1.54, 1.807) is 6.33 Å². The minimum absolute atomic E-state index is 0.410. The van der Waals surface area contributed by atoms with Gasteiger partial charge in [-0.25, -0.2) is 9.97 Å². The molecule has 0 spiro atoms. The molecule has 10 heteroatoms. The van der Waals surface area contributed by atoms with Gasteiger partial charge in [0.2, 0.25) is 0 Å². The van der Waals surface area contributed by atoms with E-state index in [2.05, 4.69) is 72.8 Å². The quantitative estimate of drug-likeness (QED) is 0.465. The largest absolute Gasteiger partial charge is 0.512 e. The van der Waals surface area contributed by atoms with Crippen LogP contribution in [0.2, 0.25) is 25.7 Å². The van der Waals surface area contributed by atoms with E-state index in [0.29, 0.717) is 19.9 Å². The molecule has 0 atom stereocenters. The molecule has 2 aliphatic heterocycles. The number of anilines is 1. The molecule has 0 amide bonds. The fraction of sp³-hybridized carbons (Fsp3) is 0.727. The highest BCUT2D eigenvalue weighted by molar-refractivity contribution is 6.76. The third kappa shape index (κ3) is 4.75. The number of rotatable bonds is 7. The van der Waals surface area contributed by atoms with E-state index in [1.807, 2.05) is 0 Å². The van der Waals surface area contributed by atoms with E-state index in [-0.39, 0.29) is 0 Å². The molecule has 0 saturated carbocycles. The van der Waals surface area contributed by atoms with E-state index in [0.717, 1.165) is 48.2 Å². The molecular formula is C22H37BN4O4Si. The lowest BCUT2D eigenvalue weighted by atomic mass is 9.84. The molecule has 32 heavy (non-hydrogen) atoms. The maximum Gasteiger partial charge on any atom is 0.512 e. The van der Waals surface area contributed by atoms with E-state index >= 15 is 0 Å². The van der Waals surface area contributed by atoms with Crippen LogP contribution in [0.4, 0.5) is 5.82 Å². The Balaban J connectivity index is 1.70. The molecule has 0 aromatic carbocycles. The summed E-state index contributed by atoms with van der Waals surface area (Å²) in [6.45, 7) is 19.6. The molecule has 0 N–H and O–H groups in total. The standard InChI is InChI=1S/C22H37BN4O4Si/c1-21(2)22(3,4)31-23(30-21)18-14-17-19(26-8-10-28-11-9-26)24-15-25-20(17)27(18)16-29-12-13-32(5,6)7/h14-15H,8-13,16H2,1-7H3. The molecule has 2 saturated heterocycles. The van der Waals surface area contributed by atoms with E-state index < -0.39 is 26.4 Å². The molecule has 2 fully saturated rings. The van der Waals surface area contributed by atoms with Gasteiger partial charge in [-0.3, -0.25) is 0 Å². The molecule has 4 heterocycles. The van der Waals surface area contributed by atoms with Gasteiger partial charge in [-0.1, -0.05) is 19.6 Å². The molecule has 0 bridgehead atoms. The first-order valence-electron chi connectivity index (χ1n) is 11.6. The van der Waals surface area contributed by atoms with Gasteiger partial charge in [0.1, 0.15) is 24.5 Å². The maximum atomic E-state index is 6.39. The van der Waals surface area contributed by atoms with Crippen molar-refractivity contribution in [1.29, 1.82) is 0 Å². The van der Waals surface area contributed by atoms with Crippen molar-refractivity contribution in [2.75, 3.05) is 37.8 Å².